The van der Waals surface area contributed by atoms with Crippen molar-refractivity contribution < 1.29 is 4.79 Å². The molecule has 1 aromatic heterocycles. The van der Waals surface area contributed by atoms with Crippen molar-refractivity contribution in [2.45, 2.75) is 24.5 Å². The van der Waals surface area contributed by atoms with Crippen LogP contribution in [0, 0.1) is 0 Å². The zero-order valence-electron chi connectivity index (χ0n) is 13.4. The number of primary amides is 1. The Labute approximate surface area is 145 Å². The Balaban J connectivity index is 2.38. The summed E-state index contributed by atoms with van der Waals surface area (Å²) in [6, 6.07) is 7.60. The Kier molecular flexibility index (Phi) is 6.04. The van der Waals surface area contributed by atoms with Crippen molar-refractivity contribution in [3.8, 4) is 5.69 Å². The van der Waals surface area contributed by atoms with Gasteiger partial charge in [0.25, 0.3) is 0 Å². The first-order valence-corrected chi connectivity index (χ1v) is 8.55. The number of benzene rings is 1. The molecule has 1 unspecified atom stereocenters. The second kappa shape index (κ2) is 7.81. The quantitative estimate of drug-likeness (QED) is 0.774. The average Bonchev–Trinajstić information content (AvgIpc) is 2.90. The van der Waals surface area contributed by atoms with Gasteiger partial charge >= 0.3 is 0 Å². The highest BCUT2D eigenvalue weighted by atomic mass is 35.5. The molecule has 2 aromatic rings. The molecule has 0 saturated carbocycles. The standard InChI is InChI=1S/C15H20ClN5OS/c1-10(20(2)3)14-18-19-15(23-9-8-13(17)22)21(14)12-6-4-11(16)5-7-12/h4-7,10H,8-9H2,1-3H3,(H2,17,22). The van der Waals surface area contributed by atoms with E-state index in [9.17, 15) is 4.79 Å². The van der Waals surface area contributed by atoms with Gasteiger partial charge in [-0.3, -0.25) is 14.3 Å². The van der Waals surface area contributed by atoms with E-state index in [0.717, 1.165) is 16.7 Å². The van der Waals surface area contributed by atoms with Gasteiger partial charge in [0, 0.05) is 22.9 Å². The molecule has 0 radical (unpaired) electrons. The lowest BCUT2D eigenvalue weighted by molar-refractivity contribution is -0.117. The van der Waals surface area contributed by atoms with Crippen molar-refractivity contribution in [1.29, 1.82) is 0 Å². The van der Waals surface area contributed by atoms with Crippen molar-refractivity contribution in [2.24, 2.45) is 5.73 Å². The normalized spacial score (nSPS) is 12.6. The number of halogens is 1. The molecule has 1 aromatic carbocycles. The van der Waals surface area contributed by atoms with Gasteiger partial charge in [0.2, 0.25) is 5.91 Å². The lowest BCUT2D eigenvalue weighted by Crippen LogP contribution is -2.20. The molecular formula is C15H20ClN5OS. The summed E-state index contributed by atoms with van der Waals surface area (Å²) >= 11 is 7.44. The van der Waals surface area contributed by atoms with Crippen LogP contribution in [0.25, 0.3) is 5.69 Å². The SMILES string of the molecule is CC(c1nnc(SCCC(N)=O)n1-c1ccc(Cl)cc1)N(C)C. The number of nitrogens with two attached hydrogens (primary N) is 1. The molecule has 0 aliphatic heterocycles. The predicted molar refractivity (Wildman–Crippen MR) is 93.0 cm³/mol. The lowest BCUT2D eigenvalue weighted by Gasteiger charge is -2.20. The van der Waals surface area contributed by atoms with Crippen LogP contribution in [-0.4, -0.2) is 45.4 Å². The van der Waals surface area contributed by atoms with E-state index in [1.54, 1.807) is 0 Å². The first-order valence-electron chi connectivity index (χ1n) is 7.19. The molecule has 0 bridgehead atoms. The fourth-order valence-corrected chi connectivity index (χ4v) is 2.99. The molecular weight excluding hydrogens is 334 g/mol. The highest BCUT2D eigenvalue weighted by Crippen LogP contribution is 2.27. The van der Waals surface area contributed by atoms with E-state index in [0.29, 0.717) is 17.2 Å². The van der Waals surface area contributed by atoms with E-state index in [1.807, 2.05) is 42.9 Å². The van der Waals surface area contributed by atoms with Gasteiger partial charge in [-0.1, -0.05) is 23.4 Å². The van der Waals surface area contributed by atoms with Crippen LogP contribution in [0.5, 0.6) is 0 Å². The summed E-state index contributed by atoms with van der Waals surface area (Å²) in [5.74, 6) is 1.08. The van der Waals surface area contributed by atoms with Crippen molar-refractivity contribution in [3.05, 3.63) is 35.1 Å². The Morgan fingerprint density at radius 1 is 1.35 bits per heavy atom. The number of nitrogens with zero attached hydrogens (tertiary/aromatic N) is 4. The van der Waals surface area contributed by atoms with E-state index in [4.69, 9.17) is 17.3 Å². The number of carbonyl (C=O) groups is 1. The molecule has 2 rings (SSSR count). The van der Waals surface area contributed by atoms with Crippen LogP contribution >= 0.6 is 23.4 Å². The number of hydrogen-bond donors (Lipinski definition) is 1. The van der Waals surface area contributed by atoms with Gasteiger partial charge in [-0.25, -0.2) is 0 Å². The second-order valence-corrected chi connectivity index (χ2v) is 6.86. The number of thioether (sulfide) groups is 1. The Bertz CT molecular complexity index is 671. The van der Waals surface area contributed by atoms with Gasteiger partial charge in [0.05, 0.1) is 6.04 Å². The third-order valence-electron chi connectivity index (χ3n) is 3.47. The van der Waals surface area contributed by atoms with E-state index < -0.39 is 0 Å². The molecule has 1 atom stereocenters. The highest BCUT2D eigenvalue weighted by Gasteiger charge is 2.20. The van der Waals surface area contributed by atoms with Gasteiger partial charge < -0.3 is 5.73 Å². The number of carbonyl (C=O) groups excluding carboxylic acids is 1. The predicted octanol–water partition coefficient (Wildman–Crippen LogP) is 2.51. The molecule has 1 amide bonds. The van der Waals surface area contributed by atoms with Crippen LogP contribution in [0.2, 0.25) is 5.02 Å². The number of amides is 1. The zero-order chi connectivity index (χ0) is 17.0. The first kappa shape index (κ1) is 17.8. The van der Waals surface area contributed by atoms with E-state index in [1.165, 1.54) is 11.8 Å². The molecule has 6 nitrogen and oxygen atoms in total. The molecule has 23 heavy (non-hydrogen) atoms. The molecule has 8 heteroatoms. The summed E-state index contributed by atoms with van der Waals surface area (Å²) in [4.78, 5) is 13.0. The maximum Gasteiger partial charge on any atom is 0.218 e. The molecule has 124 valence electrons. The van der Waals surface area contributed by atoms with Gasteiger partial charge in [-0.05, 0) is 45.3 Å². The summed E-state index contributed by atoms with van der Waals surface area (Å²) in [7, 11) is 3.98. The summed E-state index contributed by atoms with van der Waals surface area (Å²) in [5.41, 5.74) is 6.13. The largest absolute Gasteiger partial charge is 0.370 e. The second-order valence-electron chi connectivity index (χ2n) is 5.36. The number of rotatable bonds is 7. The van der Waals surface area contributed by atoms with Gasteiger partial charge in [0.15, 0.2) is 11.0 Å². The third-order valence-corrected chi connectivity index (χ3v) is 4.65. The summed E-state index contributed by atoms with van der Waals surface area (Å²) < 4.78 is 1.99. The van der Waals surface area contributed by atoms with Crippen molar-refractivity contribution in [3.63, 3.8) is 0 Å². The molecule has 0 saturated heterocycles. The summed E-state index contributed by atoms with van der Waals surface area (Å²) in [6.07, 6.45) is 0.302. The van der Waals surface area contributed by atoms with E-state index >= 15 is 0 Å². The van der Waals surface area contributed by atoms with Crippen LogP contribution in [0.3, 0.4) is 0 Å². The fraction of sp³-hybridized carbons (Fsp3) is 0.400. The zero-order valence-corrected chi connectivity index (χ0v) is 14.9. The molecule has 1 heterocycles. The Hall–Kier alpha value is -1.57. The molecule has 0 aliphatic rings. The Morgan fingerprint density at radius 3 is 2.57 bits per heavy atom. The number of aromatic nitrogens is 3. The minimum Gasteiger partial charge on any atom is -0.370 e. The Morgan fingerprint density at radius 2 is 2.00 bits per heavy atom. The smallest absolute Gasteiger partial charge is 0.218 e. The monoisotopic (exact) mass is 353 g/mol. The van der Waals surface area contributed by atoms with Crippen molar-refractivity contribution in [1.82, 2.24) is 19.7 Å². The van der Waals surface area contributed by atoms with Crippen LogP contribution in [-0.2, 0) is 4.79 Å². The molecule has 0 fully saturated rings. The maximum atomic E-state index is 10.9. The van der Waals surface area contributed by atoms with Crippen molar-refractivity contribution in [2.75, 3.05) is 19.8 Å². The summed E-state index contributed by atoms with van der Waals surface area (Å²) in [5, 5.41) is 10.0. The van der Waals surface area contributed by atoms with E-state index in [-0.39, 0.29) is 11.9 Å². The fourth-order valence-electron chi connectivity index (χ4n) is 1.95. The molecule has 2 N–H and O–H groups in total. The molecule has 0 aliphatic carbocycles. The highest BCUT2D eigenvalue weighted by molar-refractivity contribution is 7.99. The molecule has 0 spiro atoms. The van der Waals surface area contributed by atoms with Gasteiger partial charge in [-0.15, -0.1) is 10.2 Å². The van der Waals surface area contributed by atoms with Crippen LogP contribution in [0.4, 0.5) is 0 Å². The minimum absolute atomic E-state index is 0.0867. The maximum absolute atomic E-state index is 10.9. The third kappa shape index (κ3) is 4.46. The van der Waals surface area contributed by atoms with Crippen LogP contribution < -0.4 is 5.73 Å². The lowest BCUT2D eigenvalue weighted by atomic mass is 10.2. The minimum atomic E-state index is -0.322. The van der Waals surface area contributed by atoms with Gasteiger partial charge in [0.1, 0.15) is 0 Å². The van der Waals surface area contributed by atoms with Crippen molar-refractivity contribution >= 4 is 29.3 Å². The van der Waals surface area contributed by atoms with E-state index in [2.05, 4.69) is 22.0 Å². The van der Waals surface area contributed by atoms with Gasteiger partial charge in [-0.2, -0.15) is 0 Å². The van der Waals surface area contributed by atoms with Crippen LogP contribution in [0.15, 0.2) is 29.4 Å². The van der Waals surface area contributed by atoms with Crippen LogP contribution in [0.1, 0.15) is 25.2 Å². The summed E-state index contributed by atoms with van der Waals surface area (Å²) in [6.45, 7) is 2.06. The first-order chi connectivity index (χ1) is 10.9. The average molecular weight is 354 g/mol. The topological polar surface area (TPSA) is 77.0 Å². The number of hydrogen-bond acceptors (Lipinski definition) is 5.